The van der Waals surface area contributed by atoms with Gasteiger partial charge in [0.05, 0.1) is 11.1 Å². The normalized spacial score (nSPS) is 30.5. The molecule has 1 aromatic rings. The van der Waals surface area contributed by atoms with Gasteiger partial charge in [-0.3, -0.25) is 19.3 Å². The molecule has 0 radical (unpaired) electrons. The summed E-state index contributed by atoms with van der Waals surface area (Å²) >= 11 is 0. The lowest BCUT2D eigenvalue weighted by Crippen LogP contribution is -2.52. The van der Waals surface area contributed by atoms with Crippen LogP contribution in [0.4, 0.5) is 0 Å². The molecule has 2 heterocycles. The van der Waals surface area contributed by atoms with Crippen molar-refractivity contribution in [3.8, 4) is 0 Å². The van der Waals surface area contributed by atoms with Crippen molar-refractivity contribution in [1.29, 1.82) is 0 Å². The lowest BCUT2D eigenvalue weighted by Gasteiger charge is -2.42. The van der Waals surface area contributed by atoms with Crippen LogP contribution in [0, 0.1) is 0 Å². The summed E-state index contributed by atoms with van der Waals surface area (Å²) in [5.41, 5.74) is 0.107. The molecule has 3 atom stereocenters. The highest BCUT2D eigenvalue weighted by Crippen LogP contribution is 2.34. The maximum atomic E-state index is 12.3. The summed E-state index contributed by atoms with van der Waals surface area (Å²) < 4.78 is 5.84. The third kappa shape index (κ3) is 2.88. The van der Waals surface area contributed by atoms with Gasteiger partial charge in [0.1, 0.15) is 11.7 Å². The van der Waals surface area contributed by atoms with Gasteiger partial charge in [0.2, 0.25) is 0 Å². The number of ether oxygens (including phenoxy) is 1. The van der Waals surface area contributed by atoms with Crippen molar-refractivity contribution in [3.63, 3.8) is 0 Å². The Morgan fingerprint density at radius 3 is 2.54 bits per heavy atom. The van der Waals surface area contributed by atoms with E-state index in [0.29, 0.717) is 24.0 Å². The molecular weight excluding hydrogens is 338 g/mol. The van der Waals surface area contributed by atoms with E-state index in [0.717, 1.165) is 0 Å². The molecule has 0 N–H and O–H groups in total. The number of ketones is 1. The summed E-state index contributed by atoms with van der Waals surface area (Å²) in [6, 6.07) is 6.80. The van der Waals surface area contributed by atoms with Gasteiger partial charge in [0.25, 0.3) is 11.8 Å². The summed E-state index contributed by atoms with van der Waals surface area (Å²) in [4.78, 5) is 48.2. The second-order valence-corrected chi connectivity index (χ2v) is 6.87. The van der Waals surface area contributed by atoms with Gasteiger partial charge in [-0.05, 0) is 37.6 Å². The summed E-state index contributed by atoms with van der Waals surface area (Å²) in [6.45, 7) is 2.08. The first-order chi connectivity index (χ1) is 12.5. The van der Waals surface area contributed by atoms with Gasteiger partial charge in [0.15, 0.2) is 12.1 Å². The van der Waals surface area contributed by atoms with Gasteiger partial charge in [-0.15, -0.1) is 0 Å². The highest BCUT2D eigenvalue weighted by molar-refractivity contribution is 6.21. The zero-order valence-corrected chi connectivity index (χ0v) is 14.3. The van der Waals surface area contributed by atoms with Crippen LogP contribution in [0.15, 0.2) is 36.4 Å². The Labute approximate surface area is 150 Å². The SMILES string of the molecule is C[C@@]12C=CC(=O)C[C@@H]1O[C@H](CCCN1C(=O)c3ccccc3C1=O)OO2. The largest absolute Gasteiger partial charge is 0.342 e. The fraction of sp³-hybridized carbons (Fsp3) is 0.421. The standard InChI is InChI=1S/C19H19NO6/c1-19-9-8-12(21)11-15(19)24-16(25-26-19)7-4-10-20-17(22)13-5-2-3-6-14(13)18(20)23/h2-3,5-6,8-9,15-16H,4,7,10-11H2,1H3/t15-,16-,19+/m0/s1. The van der Waals surface area contributed by atoms with Crippen LogP contribution >= 0.6 is 0 Å². The minimum Gasteiger partial charge on any atom is -0.342 e. The number of hydrogen-bond acceptors (Lipinski definition) is 6. The van der Waals surface area contributed by atoms with Crippen LogP contribution in [0.3, 0.4) is 0 Å². The van der Waals surface area contributed by atoms with E-state index in [1.165, 1.54) is 11.0 Å². The number of carbonyl (C=O) groups excluding carboxylic acids is 3. The van der Waals surface area contributed by atoms with Crippen molar-refractivity contribution in [2.45, 2.75) is 44.2 Å². The molecule has 26 heavy (non-hydrogen) atoms. The molecule has 0 bridgehead atoms. The number of nitrogens with zero attached hydrogens (tertiary/aromatic N) is 1. The molecule has 7 nitrogen and oxygen atoms in total. The van der Waals surface area contributed by atoms with E-state index < -0.39 is 18.0 Å². The van der Waals surface area contributed by atoms with E-state index in [4.69, 9.17) is 14.5 Å². The quantitative estimate of drug-likeness (QED) is 0.606. The van der Waals surface area contributed by atoms with Crippen LogP contribution < -0.4 is 0 Å². The lowest BCUT2D eigenvalue weighted by atomic mass is 9.88. The zero-order valence-electron chi connectivity index (χ0n) is 14.3. The predicted octanol–water partition coefficient (Wildman–Crippen LogP) is 2.02. The molecule has 2 aliphatic heterocycles. The molecule has 0 saturated carbocycles. The number of amides is 2. The van der Waals surface area contributed by atoms with Crippen molar-refractivity contribution in [1.82, 2.24) is 4.90 Å². The summed E-state index contributed by atoms with van der Waals surface area (Å²) in [5, 5.41) is 0. The Hall–Kier alpha value is -2.35. The van der Waals surface area contributed by atoms with Gasteiger partial charge in [-0.2, -0.15) is 0 Å². The Balaban J connectivity index is 1.32. The summed E-state index contributed by atoms with van der Waals surface area (Å²) in [5.74, 6) is -0.561. The highest BCUT2D eigenvalue weighted by Gasteiger charge is 2.45. The number of benzene rings is 1. The Morgan fingerprint density at radius 1 is 1.15 bits per heavy atom. The smallest absolute Gasteiger partial charge is 0.261 e. The Kier molecular flexibility index (Phi) is 4.22. The number of allylic oxidation sites excluding steroid dienone is 1. The van der Waals surface area contributed by atoms with Crippen LogP contribution in [0.25, 0.3) is 0 Å². The number of hydrogen-bond donors (Lipinski definition) is 0. The summed E-state index contributed by atoms with van der Waals surface area (Å²) in [7, 11) is 0. The number of carbonyl (C=O) groups is 3. The third-order valence-electron chi connectivity index (χ3n) is 4.98. The number of rotatable bonds is 4. The number of fused-ring (bicyclic) bond motifs is 2. The fourth-order valence-electron chi connectivity index (χ4n) is 3.42. The van der Waals surface area contributed by atoms with Gasteiger partial charge >= 0.3 is 0 Å². The van der Waals surface area contributed by atoms with Crippen LogP contribution in [0.1, 0.15) is 46.9 Å². The van der Waals surface area contributed by atoms with E-state index in [9.17, 15) is 14.4 Å². The maximum absolute atomic E-state index is 12.3. The Morgan fingerprint density at radius 2 is 1.85 bits per heavy atom. The van der Waals surface area contributed by atoms with Crippen molar-refractivity contribution in [2.24, 2.45) is 0 Å². The second-order valence-electron chi connectivity index (χ2n) is 6.87. The molecule has 1 saturated heterocycles. The van der Waals surface area contributed by atoms with E-state index in [2.05, 4.69) is 0 Å². The van der Waals surface area contributed by atoms with E-state index in [-0.39, 0.29) is 30.6 Å². The maximum Gasteiger partial charge on any atom is 0.261 e. The van der Waals surface area contributed by atoms with Crippen LogP contribution in [0.5, 0.6) is 0 Å². The predicted molar refractivity (Wildman–Crippen MR) is 89.0 cm³/mol. The first-order valence-corrected chi connectivity index (χ1v) is 8.65. The first-order valence-electron chi connectivity index (χ1n) is 8.65. The molecule has 1 fully saturated rings. The van der Waals surface area contributed by atoms with Crippen LogP contribution in [-0.2, 0) is 19.3 Å². The van der Waals surface area contributed by atoms with E-state index >= 15 is 0 Å². The van der Waals surface area contributed by atoms with Crippen molar-refractivity contribution < 1.29 is 28.9 Å². The molecule has 0 spiro atoms. The Bertz CT molecular complexity index is 768. The fourth-order valence-corrected chi connectivity index (χ4v) is 3.42. The monoisotopic (exact) mass is 357 g/mol. The second kappa shape index (κ2) is 6.42. The minimum atomic E-state index is -0.771. The minimum absolute atomic E-state index is 0.0113. The van der Waals surface area contributed by atoms with Crippen molar-refractivity contribution in [2.75, 3.05) is 6.54 Å². The van der Waals surface area contributed by atoms with Gasteiger partial charge in [0, 0.05) is 19.4 Å². The molecule has 7 heteroatoms. The molecule has 0 unspecified atom stereocenters. The molecule has 136 valence electrons. The highest BCUT2D eigenvalue weighted by atomic mass is 17.2. The van der Waals surface area contributed by atoms with Crippen LogP contribution in [0.2, 0.25) is 0 Å². The molecule has 3 aliphatic rings. The molecule has 0 aromatic heterocycles. The number of imide groups is 1. The first kappa shape index (κ1) is 17.1. The van der Waals surface area contributed by atoms with Crippen LogP contribution in [-0.4, -0.2) is 47.0 Å². The average molecular weight is 357 g/mol. The third-order valence-corrected chi connectivity index (χ3v) is 4.98. The molecule has 1 aromatic carbocycles. The summed E-state index contributed by atoms with van der Waals surface area (Å²) in [6.07, 6.45) is 3.28. The van der Waals surface area contributed by atoms with Gasteiger partial charge in [-0.25, -0.2) is 9.78 Å². The average Bonchev–Trinajstić information content (AvgIpc) is 2.88. The molecule has 1 aliphatic carbocycles. The molecule has 4 rings (SSSR count). The van der Waals surface area contributed by atoms with Gasteiger partial charge < -0.3 is 4.74 Å². The van der Waals surface area contributed by atoms with Gasteiger partial charge in [-0.1, -0.05) is 12.1 Å². The van der Waals surface area contributed by atoms with Crippen molar-refractivity contribution >= 4 is 17.6 Å². The topological polar surface area (TPSA) is 82.1 Å². The molecular formula is C19H19NO6. The van der Waals surface area contributed by atoms with Crippen molar-refractivity contribution in [3.05, 3.63) is 47.5 Å². The zero-order chi connectivity index (χ0) is 18.3. The molecule has 2 amide bonds. The lowest BCUT2D eigenvalue weighted by molar-refractivity contribution is -0.476. The van der Waals surface area contributed by atoms with E-state index in [1.54, 1.807) is 37.3 Å². The van der Waals surface area contributed by atoms with E-state index in [1.807, 2.05) is 0 Å².